The molecule has 1 heterocycles. The van der Waals surface area contributed by atoms with Crippen LogP contribution < -0.4 is 10.1 Å². The van der Waals surface area contributed by atoms with Crippen molar-refractivity contribution >= 4 is 11.3 Å². The Labute approximate surface area is 128 Å². The van der Waals surface area contributed by atoms with Crippen molar-refractivity contribution in [3.63, 3.8) is 0 Å². The van der Waals surface area contributed by atoms with Gasteiger partial charge in [0, 0.05) is 18.0 Å². The predicted octanol–water partition coefficient (Wildman–Crippen LogP) is 3.28. The van der Waals surface area contributed by atoms with E-state index in [1.807, 2.05) is 0 Å². The van der Waals surface area contributed by atoms with Gasteiger partial charge in [-0.1, -0.05) is 25.2 Å². The van der Waals surface area contributed by atoms with E-state index >= 15 is 0 Å². The third-order valence-electron chi connectivity index (χ3n) is 2.98. The van der Waals surface area contributed by atoms with Gasteiger partial charge in [0.2, 0.25) is 0 Å². The Balaban J connectivity index is 1.99. The molecule has 0 spiro atoms. The first-order valence-electron chi connectivity index (χ1n) is 7.00. The lowest BCUT2D eigenvalue weighted by atomic mass is 10.2. The molecule has 0 saturated heterocycles. The number of methoxy groups -OCH3 is 1. The van der Waals surface area contributed by atoms with Crippen molar-refractivity contribution in [3.05, 3.63) is 29.0 Å². The van der Waals surface area contributed by atoms with E-state index in [2.05, 4.69) is 29.4 Å². The Morgan fingerprint density at radius 2 is 2.14 bits per heavy atom. The minimum atomic E-state index is -0.370. The number of hydrogen-bond donors (Lipinski definition) is 1. The van der Waals surface area contributed by atoms with Crippen LogP contribution in [-0.4, -0.2) is 29.9 Å². The maximum atomic E-state index is 13.4. The topological polar surface area (TPSA) is 47.0 Å². The van der Waals surface area contributed by atoms with Crippen molar-refractivity contribution in [2.45, 2.75) is 32.7 Å². The van der Waals surface area contributed by atoms with E-state index in [-0.39, 0.29) is 11.6 Å². The lowest BCUT2D eigenvalue weighted by Crippen LogP contribution is -2.23. The maximum Gasteiger partial charge on any atom is 0.165 e. The first-order valence-corrected chi connectivity index (χ1v) is 7.81. The molecule has 0 bridgehead atoms. The van der Waals surface area contributed by atoms with Gasteiger partial charge >= 0.3 is 0 Å². The van der Waals surface area contributed by atoms with Gasteiger partial charge in [-0.05, 0) is 31.2 Å². The zero-order valence-electron chi connectivity index (χ0n) is 12.5. The number of aryl methyl sites for hydroxylation is 1. The molecule has 2 aromatic rings. The van der Waals surface area contributed by atoms with Crippen molar-refractivity contribution in [3.8, 4) is 16.3 Å². The van der Waals surface area contributed by atoms with E-state index in [0.717, 1.165) is 35.0 Å². The van der Waals surface area contributed by atoms with Crippen molar-refractivity contribution < 1.29 is 9.13 Å². The summed E-state index contributed by atoms with van der Waals surface area (Å²) in [5.74, 6) is -0.142. The summed E-state index contributed by atoms with van der Waals surface area (Å²) in [6.07, 6.45) is 1.93. The first kappa shape index (κ1) is 15.9. The Hall–Kier alpha value is -1.53. The number of nitrogens with zero attached hydrogens (tertiary/aromatic N) is 2. The molecule has 21 heavy (non-hydrogen) atoms. The fraction of sp³-hybridized carbons (Fsp3) is 0.467. The molecule has 1 N–H and O–H groups in total. The number of ether oxygens (including phenoxy) is 1. The molecule has 6 heteroatoms. The molecule has 1 aromatic heterocycles. The minimum absolute atomic E-state index is 0.227. The molecule has 4 nitrogen and oxygen atoms in total. The quantitative estimate of drug-likeness (QED) is 0.797. The average molecular weight is 309 g/mol. The van der Waals surface area contributed by atoms with Gasteiger partial charge in [-0.3, -0.25) is 0 Å². The molecule has 0 unspecified atom stereocenters. The first-order chi connectivity index (χ1) is 10.1. The van der Waals surface area contributed by atoms with Gasteiger partial charge in [-0.2, -0.15) is 0 Å². The standard InChI is InChI=1S/C15H20FN3OS/c1-10(2)17-8-4-5-14-18-19-15(21-14)11-6-7-12(16)13(9-11)20-3/h6-7,9-10,17H,4-5,8H2,1-3H3. The summed E-state index contributed by atoms with van der Waals surface area (Å²) >= 11 is 1.54. The van der Waals surface area contributed by atoms with Crippen molar-refractivity contribution in [1.82, 2.24) is 15.5 Å². The van der Waals surface area contributed by atoms with Crippen LogP contribution in [0, 0.1) is 5.82 Å². The molecule has 0 amide bonds. The van der Waals surface area contributed by atoms with Gasteiger partial charge in [0.1, 0.15) is 10.0 Å². The van der Waals surface area contributed by atoms with Gasteiger partial charge in [-0.15, -0.1) is 10.2 Å². The van der Waals surface area contributed by atoms with Crippen LogP contribution in [0.3, 0.4) is 0 Å². The Morgan fingerprint density at radius 3 is 2.86 bits per heavy atom. The molecule has 114 valence electrons. The predicted molar refractivity (Wildman–Crippen MR) is 83.3 cm³/mol. The average Bonchev–Trinajstić information content (AvgIpc) is 2.93. The number of rotatable bonds is 7. The largest absolute Gasteiger partial charge is 0.494 e. The number of aromatic nitrogens is 2. The van der Waals surface area contributed by atoms with E-state index in [9.17, 15) is 4.39 Å². The van der Waals surface area contributed by atoms with Crippen molar-refractivity contribution in [2.75, 3.05) is 13.7 Å². The van der Waals surface area contributed by atoms with Crippen LogP contribution in [0.1, 0.15) is 25.3 Å². The molecule has 0 radical (unpaired) electrons. The fourth-order valence-corrected chi connectivity index (χ4v) is 2.77. The van der Waals surface area contributed by atoms with Crippen LogP contribution in [0.5, 0.6) is 5.75 Å². The normalized spacial score (nSPS) is 11.1. The van der Waals surface area contributed by atoms with Crippen molar-refractivity contribution in [1.29, 1.82) is 0 Å². The molecular weight excluding hydrogens is 289 g/mol. The number of hydrogen-bond acceptors (Lipinski definition) is 5. The lowest BCUT2D eigenvalue weighted by molar-refractivity contribution is 0.387. The van der Waals surface area contributed by atoms with Crippen LogP contribution >= 0.6 is 11.3 Å². The molecule has 0 aliphatic heterocycles. The van der Waals surface area contributed by atoms with Crippen LogP contribution in [-0.2, 0) is 6.42 Å². The highest BCUT2D eigenvalue weighted by Crippen LogP contribution is 2.28. The van der Waals surface area contributed by atoms with Gasteiger partial charge in [0.15, 0.2) is 11.6 Å². The summed E-state index contributed by atoms with van der Waals surface area (Å²) in [5.41, 5.74) is 0.831. The molecule has 1 aromatic carbocycles. The van der Waals surface area contributed by atoms with E-state index in [4.69, 9.17) is 4.74 Å². The number of benzene rings is 1. The third kappa shape index (κ3) is 4.47. The van der Waals surface area contributed by atoms with Gasteiger partial charge in [0.25, 0.3) is 0 Å². The van der Waals surface area contributed by atoms with Crippen LogP contribution in [0.4, 0.5) is 4.39 Å². The second kappa shape index (κ2) is 7.47. The molecule has 0 aliphatic carbocycles. The van der Waals surface area contributed by atoms with Crippen LogP contribution in [0.15, 0.2) is 18.2 Å². The molecule has 2 rings (SSSR count). The summed E-state index contributed by atoms with van der Waals surface area (Å²) in [7, 11) is 1.45. The molecular formula is C15H20FN3OS. The van der Waals surface area contributed by atoms with Gasteiger partial charge in [-0.25, -0.2) is 4.39 Å². The Kier molecular flexibility index (Phi) is 5.64. The smallest absolute Gasteiger partial charge is 0.165 e. The van der Waals surface area contributed by atoms with E-state index < -0.39 is 0 Å². The summed E-state index contributed by atoms with van der Waals surface area (Å²) < 4.78 is 18.4. The maximum absolute atomic E-state index is 13.4. The number of halogens is 1. The highest BCUT2D eigenvalue weighted by Gasteiger charge is 2.10. The monoisotopic (exact) mass is 309 g/mol. The van der Waals surface area contributed by atoms with Crippen molar-refractivity contribution in [2.24, 2.45) is 0 Å². The minimum Gasteiger partial charge on any atom is -0.494 e. The Bertz CT molecular complexity index is 586. The third-order valence-corrected chi connectivity index (χ3v) is 4.02. The second-order valence-corrected chi connectivity index (χ2v) is 6.12. The summed E-state index contributed by atoms with van der Waals surface area (Å²) in [6, 6.07) is 5.24. The number of nitrogens with one attached hydrogen (secondary N) is 1. The van der Waals surface area contributed by atoms with E-state index in [1.165, 1.54) is 13.2 Å². The molecule has 0 saturated carbocycles. The summed E-state index contributed by atoms with van der Waals surface area (Å²) in [4.78, 5) is 0. The fourth-order valence-electron chi connectivity index (χ4n) is 1.89. The lowest BCUT2D eigenvalue weighted by Gasteiger charge is -2.05. The zero-order valence-corrected chi connectivity index (χ0v) is 13.3. The van der Waals surface area contributed by atoms with Crippen LogP contribution in [0.25, 0.3) is 10.6 Å². The molecule has 0 aliphatic rings. The highest BCUT2D eigenvalue weighted by atomic mass is 32.1. The zero-order chi connectivity index (χ0) is 15.2. The van der Waals surface area contributed by atoms with E-state index in [1.54, 1.807) is 23.5 Å². The molecule has 0 atom stereocenters. The highest BCUT2D eigenvalue weighted by molar-refractivity contribution is 7.14. The van der Waals surface area contributed by atoms with Crippen LogP contribution in [0.2, 0.25) is 0 Å². The second-order valence-electron chi connectivity index (χ2n) is 5.06. The Morgan fingerprint density at radius 1 is 1.33 bits per heavy atom. The van der Waals surface area contributed by atoms with E-state index in [0.29, 0.717) is 6.04 Å². The molecule has 0 fully saturated rings. The van der Waals surface area contributed by atoms with Gasteiger partial charge < -0.3 is 10.1 Å². The van der Waals surface area contributed by atoms with Gasteiger partial charge in [0.05, 0.1) is 7.11 Å². The summed E-state index contributed by atoms with van der Waals surface area (Å²) in [5, 5.41) is 13.5. The summed E-state index contributed by atoms with van der Waals surface area (Å²) in [6.45, 7) is 5.23. The SMILES string of the molecule is COc1cc(-c2nnc(CCCNC(C)C)s2)ccc1F.